The normalized spacial score (nSPS) is 11.5. The van der Waals surface area contributed by atoms with Gasteiger partial charge in [-0.05, 0) is 0 Å². The van der Waals surface area contributed by atoms with Gasteiger partial charge in [-0.1, -0.05) is 13.8 Å². The van der Waals surface area contributed by atoms with E-state index in [1.165, 1.54) is 0 Å². The molecule has 0 bridgehead atoms. The summed E-state index contributed by atoms with van der Waals surface area (Å²) in [5.74, 6) is -0.478. The van der Waals surface area contributed by atoms with E-state index in [1.807, 2.05) is 13.8 Å². The standard InChI is InChI=1S/C7H15N3O2S/c1-7(2)9-4-5-10-13(11,12)6-3-8/h7,9-10H,4-6H2,1-2H3. The first-order chi connectivity index (χ1) is 5.98. The molecule has 0 aromatic carbocycles. The lowest BCUT2D eigenvalue weighted by Gasteiger charge is -2.07. The van der Waals surface area contributed by atoms with E-state index in [1.54, 1.807) is 6.07 Å². The molecule has 2 N–H and O–H groups in total. The van der Waals surface area contributed by atoms with Gasteiger partial charge in [-0.3, -0.25) is 0 Å². The fourth-order valence-corrected chi connectivity index (χ4v) is 1.39. The summed E-state index contributed by atoms with van der Waals surface area (Å²) >= 11 is 0. The third-order valence-corrected chi connectivity index (χ3v) is 2.41. The molecule has 0 amide bonds. The van der Waals surface area contributed by atoms with Crippen LogP contribution in [0, 0.1) is 11.3 Å². The molecule has 0 aliphatic heterocycles. The number of hydrogen-bond donors (Lipinski definition) is 2. The third-order valence-electron chi connectivity index (χ3n) is 1.25. The Bertz CT molecular complexity index is 266. The molecule has 0 radical (unpaired) electrons. The van der Waals surface area contributed by atoms with Crippen molar-refractivity contribution in [3.8, 4) is 6.07 Å². The van der Waals surface area contributed by atoms with Gasteiger partial charge in [0, 0.05) is 19.1 Å². The van der Waals surface area contributed by atoms with Gasteiger partial charge in [-0.2, -0.15) is 5.26 Å². The van der Waals surface area contributed by atoms with E-state index in [2.05, 4.69) is 10.0 Å². The summed E-state index contributed by atoms with van der Waals surface area (Å²) < 4.78 is 24.1. The summed E-state index contributed by atoms with van der Waals surface area (Å²) in [6.45, 7) is 4.85. The summed E-state index contributed by atoms with van der Waals surface area (Å²) in [5, 5.41) is 11.2. The lowest BCUT2D eigenvalue weighted by Crippen LogP contribution is -2.35. The molecule has 0 saturated heterocycles. The van der Waals surface area contributed by atoms with E-state index < -0.39 is 15.8 Å². The van der Waals surface area contributed by atoms with Crippen LogP contribution in [0.3, 0.4) is 0 Å². The van der Waals surface area contributed by atoms with Crippen LogP contribution in [-0.2, 0) is 10.0 Å². The second kappa shape index (κ2) is 5.91. The van der Waals surface area contributed by atoms with E-state index in [9.17, 15) is 8.42 Å². The zero-order chi connectivity index (χ0) is 10.3. The number of nitrogens with one attached hydrogen (secondary N) is 2. The highest BCUT2D eigenvalue weighted by Gasteiger charge is 2.07. The van der Waals surface area contributed by atoms with E-state index >= 15 is 0 Å². The molecule has 0 aliphatic carbocycles. The van der Waals surface area contributed by atoms with E-state index in [0.29, 0.717) is 19.1 Å². The molecule has 6 heteroatoms. The minimum Gasteiger partial charge on any atom is -0.313 e. The molecule has 0 spiro atoms. The fourth-order valence-electron chi connectivity index (χ4n) is 0.703. The SMILES string of the molecule is CC(C)NCCNS(=O)(=O)CC#N. The Labute approximate surface area is 79.2 Å². The Morgan fingerprint density at radius 3 is 2.46 bits per heavy atom. The molecule has 0 rings (SSSR count). The summed E-state index contributed by atoms with van der Waals surface area (Å²) in [6, 6.07) is 1.92. The van der Waals surface area contributed by atoms with Gasteiger partial charge >= 0.3 is 0 Å². The summed E-state index contributed by atoms with van der Waals surface area (Å²) in [4.78, 5) is 0. The van der Waals surface area contributed by atoms with Crippen molar-refractivity contribution in [1.29, 1.82) is 5.26 Å². The first kappa shape index (κ1) is 12.4. The Morgan fingerprint density at radius 1 is 1.38 bits per heavy atom. The number of hydrogen-bond acceptors (Lipinski definition) is 4. The minimum atomic E-state index is -3.38. The molecule has 0 saturated carbocycles. The molecular weight excluding hydrogens is 190 g/mol. The van der Waals surface area contributed by atoms with Gasteiger partial charge in [0.1, 0.15) is 0 Å². The van der Waals surface area contributed by atoms with Crippen molar-refractivity contribution in [2.75, 3.05) is 18.8 Å². The van der Waals surface area contributed by atoms with Crippen LogP contribution in [0.2, 0.25) is 0 Å². The van der Waals surface area contributed by atoms with Crippen LogP contribution in [0.1, 0.15) is 13.8 Å². The van der Waals surface area contributed by atoms with E-state index in [0.717, 1.165) is 0 Å². The molecule has 0 aromatic heterocycles. The molecule has 0 heterocycles. The first-order valence-electron chi connectivity index (χ1n) is 4.05. The van der Waals surface area contributed by atoms with Gasteiger partial charge in [0.05, 0.1) is 6.07 Å². The van der Waals surface area contributed by atoms with Crippen LogP contribution in [0.5, 0.6) is 0 Å². The van der Waals surface area contributed by atoms with Gasteiger partial charge < -0.3 is 5.32 Å². The van der Waals surface area contributed by atoms with Crippen molar-refractivity contribution in [3.63, 3.8) is 0 Å². The van der Waals surface area contributed by atoms with Crippen molar-refractivity contribution < 1.29 is 8.42 Å². The molecule has 76 valence electrons. The van der Waals surface area contributed by atoms with Gasteiger partial charge in [0.15, 0.2) is 5.75 Å². The Kier molecular flexibility index (Phi) is 5.62. The highest BCUT2D eigenvalue weighted by molar-refractivity contribution is 7.89. The maximum Gasteiger partial charge on any atom is 0.225 e. The van der Waals surface area contributed by atoms with Gasteiger partial charge in [-0.15, -0.1) is 0 Å². The molecule has 5 nitrogen and oxygen atoms in total. The van der Waals surface area contributed by atoms with Crippen LogP contribution in [0.4, 0.5) is 0 Å². The Morgan fingerprint density at radius 2 is 2.00 bits per heavy atom. The Hall–Kier alpha value is -0.640. The molecular formula is C7H15N3O2S. The zero-order valence-corrected chi connectivity index (χ0v) is 8.69. The molecule has 0 aliphatic rings. The summed E-state index contributed by atoms with van der Waals surface area (Å²) in [6.07, 6.45) is 0. The zero-order valence-electron chi connectivity index (χ0n) is 7.87. The maximum atomic E-state index is 10.9. The number of sulfonamides is 1. The first-order valence-corrected chi connectivity index (χ1v) is 5.71. The highest BCUT2D eigenvalue weighted by Crippen LogP contribution is 1.81. The van der Waals surface area contributed by atoms with Crippen molar-refractivity contribution in [2.24, 2.45) is 0 Å². The van der Waals surface area contributed by atoms with Crippen LogP contribution in [0.15, 0.2) is 0 Å². The third kappa shape index (κ3) is 7.71. The quantitative estimate of drug-likeness (QED) is 0.569. The predicted molar refractivity (Wildman–Crippen MR) is 50.5 cm³/mol. The topological polar surface area (TPSA) is 82.0 Å². The fraction of sp³-hybridized carbons (Fsp3) is 0.857. The molecule has 0 fully saturated rings. The molecule has 0 aromatic rings. The van der Waals surface area contributed by atoms with Crippen molar-refractivity contribution in [2.45, 2.75) is 19.9 Å². The van der Waals surface area contributed by atoms with Gasteiger partial charge in [0.25, 0.3) is 0 Å². The summed E-state index contributed by atoms with van der Waals surface area (Å²) in [7, 11) is -3.38. The number of rotatable bonds is 6. The van der Waals surface area contributed by atoms with Gasteiger partial charge in [0.2, 0.25) is 10.0 Å². The number of nitrogens with zero attached hydrogens (tertiary/aromatic N) is 1. The van der Waals surface area contributed by atoms with Crippen molar-refractivity contribution in [3.05, 3.63) is 0 Å². The molecule has 0 atom stereocenters. The average Bonchev–Trinajstić information content (AvgIpc) is 1.98. The Balaban J connectivity index is 3.60. The van der Waals surface area contributed by atoms with Crippen molar-refractivity contribution in [1.82, 2.24) is 10.0 Å². The lowest BCUT2D eigenvalue weighted by atomic mass is 10.4. The highest BCUT2D eigenvalue weighted by atomic mass is 32.2. The minimum absolute atomic E-state index is 0.322. The second-order valence-corrected chi connectivity index (χ2v) is 4.73. The van der Waals surface area contributed by atoms with Crippen molar-refractivity contribution >= 4 is 10.0 Å². The largest absolute Gasteiger partial charge is 0.313 e. The summed E-state index contributed by atoms with van der Waals surface area (Å²) in [5.41, 5.74) is 0. The van der Waals surface area contributed by atoms with E-state index in [-0.39, 0.29) is 0 Å². The second-order valence-electron chi connectivity index (χ2n) is 2.92. The molecule has 0 unspecified atom stereocenters. The van der Waals surface area contributed by atoms with Crippen LogP contribution < -0.4 is 10.0 Å². The number of nitriles is 1. The average molecular weight is 205 g/mol. The van der Waals surface area contributed by atoms with Crippen LogP contribution in [0.25, 0.3) is 0 Å². The monoisotopic (exact) mass is 205 g/mol. The van der Waals surface area contributed by atoms with E-state index in [4.69, 9.17) is 5.26 Å². The van der Waals surface area contributed by atoms with Crippen LogP contribution >= 0.6 is 0 Å². The smallest absolute Gasteiger partial charge is 0.225 e. The predicted octanol–water partition coefficient (Wildman–Crippen LogP) is -0.573. The van der Waals surface area contributed by atoms with Gasteiger partial charge in [-0.25, -0.2) is 13.1 Å². The van der Waals surface area contributed by atoms with Crippen LogP contribution in [-0.4, -0.2) is 33.3 Å². The molecule has 13 heavy (non-hydrogen) atoms. The lowest BCUT2D eigenvalue weighted by molar-refractivity contribution is 0.562. The maximum absolute atomic E-state index is 10.9.